The first-order valence-electron chi connectivity index (χ1n) is 36.8. The van der Waals surface area contributed by atoms with Gasteiger partial charge in [-0.3, -0.25) is 9.59 Å². The van der Waals surface area contributed by atoms with Crippen LogP contribution in [0.3, 0.4) is 0 Å². The maximum absolute atomic E-state index is 12.5. The average Bonchev–Trinajstić information content (AvgIpc) is 3.47. The van der Waals surface area contributed by atoms with Crippen molar-refractivity contribution in [1.29, 1.82) is 0 Å². The molecule has 0 bridgehead atoms. The maximum atomic E-state index is 12.5. The Kier molecular flexibility index (Phi) is 68.9. The minimum atomic E-state index is -0.841. The molecule has 0 saturated carbocycles. The summed E-state index contributed by atoms with van der Waals surface area (Å²) in [5.74, 6) is -0.0475. The number of hydrogen-bond acceptors (Lipinski definition) is 5. The molecule has 1 amide bonds. The lowest BCUT2D eigenvalue weighted by Gasteiger charge is -2.20. The highest BCUT2D eigenvalue weighted by Gasteiger charge is 2.18. The molecule has 0 aliphatic heterocycles. The first kappa shape index (κ1) is 79.1. The summed E-state index contributed by atoms with van der Waals surface area (Å²) in [6, 6.07) is -0.625. The Balaban J connectivity index is 3.34. The third kappa shape index (κ3) is 67.1. The zero-order valence-electron chi connectivity index (χ0n) is 54.8. The SMILES string of the molecule is CCCCCCCCC/C=C\CCCCCCCCCC(=O)OCCCCCCCCCCCCCC/C=C\CCCCCCCCCCCCCCCCCCCC(=O)NC(CO)C(O)/C=C/CCCCCCCCCCCCC. The predicted molar refractivity (Wildman–Crippen MR) is 356 cm³/mol. The van der Waals surface area contributed by atoms with E-state index >= 15 is 0 Å². The number of carbonyl (C=O) groups excluding carboxylic acids is 2. The average molecular weight is 1140 g/mol. The van der Waals surface area contributed by atoms with Crippen molar-refractivity contribution in [2.45, 2.75) is 418 Å². The number of hydrogen-bond donors (Lipinski definition) is 3. The van der Waals surface area contributed by atoms with Crippen LogP contribution in [0.15, 0.2) is 36.5 Å². The Labute approximate surface area is 506 Å². The molecule has 2 atom stereocenters. The number of aliphatic hydroxyl groups excluding tert-OH is 2. The van der Waals surface area contributed by atoms with Gasteiger partial charge in [0.25, 0.3) is 0 Å². The number of allylic oxidation sites excluding steroid dienone is 5. The van der Waals surface area contributed by atoms with Gasteiger partial charge >= 0.3 is 5.97 Å². The Morgan fingerprint density at radius 1 is 0.333 bits per heavy atom. The summed E-state index contributed by atoms with van der Waals surface area (Å²) in [6.45, 7) is 4.93. The highest BCUT2D eigenvalue weighted by Crippen LogP contribution is 2.18. The number of aliphatic hydroxyl groups is 2. The largest absolute Gasteiger partial charge is 0.466 e. The van der Waals surface area contributed by atoms with Crippen molar-refractivity contribution < 1.29 is 24.5 Å². The van der Waals surface area contributed by atoms with Crippen molar-refractivity contribution in [1.82, 2.24) is 5.32 Å². The first-order chi connectivity index (χ1) is 40.0. The molecule has 0 aromatic heterocycles. The van der Waals surface area contributed by atoms with E-state index in [1.54, 1.807) is 6.08 Å². The summed E-state index contributed by atoms with van der Waals surface area (Å²) in [5.41, 5.74) is 0. The Morgan fingerprint density at radius 2 is 0.580 bits per heavy atom. The molecular formula is C75H143NO5. The summed E-state index contributed by atoms with van der Waals surface area (Å²) >= 11 is 0. The van der Waals surface area contributed by atoms with Crippen LogP contribution in [0.5, 0.6) is 0 Å². The second kappa shape index (κ2) is 70.6. The van der Waals surface area contributed by atoms with Crippen LogP contribution in [0.25, 0.3) is 0 Å². The summed E-state index contributed by atoms with van der Waals surface area (Å²) in [5, 5.41) is 23.1. The van der Waals surface area contributed by atoms with Crippen LogP contribution in [0.1, 0.15) is 406 Å². The molecule has 2 unspecified atom stereocenters. The standard InChI is InChI=1S/C75H143NO5/c1-3-5-7-9-11-13-15-17-18-19-38-41-45-49-53-57-61-65-69-75(80)81-70-66-62-58-54-50-46-42-39-36-34-32-30-28-26-24-22-20-21-23-25-27-29-31-33-35-37-40-44-48-52-56-60-64-68-74(79)76-72(71-77)73(78)67-63-59-55-51-47-43-16-14-12-10-8-6-4-2/h18-19,24,26,63,67,72-73,77-78H,3-17,20-23,25,27-62,64-66,68-71H2,1-2H3,(H,76,79)/b19-18-,26-24-,67-63+. The van der Waals surface area contributed by atoms with Gasteiger partial charge in [0.15, 0.2) is 0 Å². The molecule has 0 aliphatic carbocycles. The van der Waals surface area contributed by atoms with Gasteiger partial charge in [0.1, 0.15) is 0 Å². The van der Waals surface area contributed by atoms with E-state index in [0.29, 0.717) is 19.4 Å². The van der Waals surface area contributed by atoms with Gasteiger partial charge in [-0.15, -0.1) is 0 Å². The van der Waals surface area contributed by atoms with Crippen LogP contribution in [0.2, 0.25) is 0 Å². The van der Waals surface area contributed by atoms with Crippen molar-refractivity contribution in [3.05, 3.63) is 36.5 Å². The van der Waals surface area contributed by atoms with Crippen LogP contribution in [-0.4, -0.2) is 47.4 Å². The van der Waals surface area contributed by atoms with Crippen LogP contribution in [0, 0.1) is 0 Å². The zero-order chi connectivity index (χ0) is 58.5. The molecule has 0 saturated heterocycles. The van der Waals surface area contributed by atoms with Gasteiger partial charge in [0.05, 0.1) is 25.4 Å². The fourth-order valence-electron chi connectivity index (χ4n) is 11.5. The quantitative estimate of drug-likeness (QED) is 0.0320. The van der Waals surface area contributed by atoms with Crippen molar-refractivity contribution in [3.8, 4) is 0 Å². The smallest absolute Gasteiger partial charge is 0.305 e. The third-order valence-corrected chi connectivity index (χ3v) is 17.1. The van der Waals surface area contributed by atoms with E-state index in [1.807, 2.05) is 6.08 Å². The molecule has 0 aromatic carbocycles. The molecule has 0 heterocycles. The lowest BCUT2D eigenvalue weighted by molar-refractivity contribution is -0.143. The second-order valence-corrected chi connectivity index (χ2v) is 25.3. The van der Waals surface area contributed by atoms with E-state index in [9.17, 15) is 19.8 Å². The highest BCUT2D eigenvalue weighted by molar-refractivity contribution is 5.76. The number of amides is 1. The molecule has 0 spiro atoms. The maximum Gasteiger partial charge on any atom is 0.305 e. The van der Waals surface area contributed by atoms with Gasteiger partial charge in [-0.1, -0.05) is 346 Å². The summed E-state index contributed by atoms with van der Waals surface area (Å²) in [7, 11) is 0. The van der Waals surface area contributed by atoms with Gasteiger partial charge in [-0.2, -0.15) is 0 Å². The highest BCUT2D eigenvalue weighted by atomic mass is 16.5. The minimum absolute atomic E-state index is 0.0160. The molecular weight excluding hydrogens is 995 g/mol. The van der Waals surface area contributed by atoms with Crippen LogP contribution < -0.4 is 5.32 Å². The molecule has 81 heavy (non-hydrogen) atoms. The van der Waals surface area contributed by atoms with E-state index in [1.165, 1.54) is 334 Å². The van der Waals surface area contributed by atoms with Gasteiger partial charge in [0.2, 0.25) is 5.91 Å². The summed E-state index contributed by atoms with van der Waals surface area (Å²) in [6.07, 6.45) is 91.0. The molecule has 0 aliphatic rings. The first-order valence-corrected chi connectivity index (χ1v) is 36.8. The minimum Gasteiger partial charge on any atom is -0.466 e. The summed E-state index contributed by atoms with van der Waals surface area (Å²) in [4.78, 5) is 24.6. The van der Waals surface area contributed by atoms with Gasteiger partial charge < -0.3 is 20.3 Å². The molecule has 6 nitrogen and oxygen atoms in total. The lowest BCUT2D eigenvalue weighted by atomic mass is 10.0. The Morgan fingerprint density at radius 3 is 0.877 bits per heavy atom. The molecule has 0 rings (SSSR count). The molecule has 0 aromatic rings. The number of nitrogens with one attached hydrogen (secondary N) is 1. The lowest BCUT2D eigenvalue weighted by Crippen LogP contribution is -2.45. The van der Waals surface area contributed by atoms with Crippen LogP contribution in [-0.2, 0) is 14.3 Å². The van der Waals surface area contributed by atoms with Gasteiger partial charge in [-0.25, -0.2) is 0 Å². The van der Waals surface area contributed by atoms with Gasteiger partial charge in [0, 0.05) is 12.8 Å². The fourth-order valence-corrected chi connectivity index (χ4v) is 11.5. The fraction of sp³-hybridized carbons (Fsp3) is 0.893. The van der Waals surface area contributed by atoms with E-state index in [4.69, 9.17) is 4.74 Å². The molecule has 6 heteroatoms. The zero-order valence-corrected chi connectivity index (χ0v) is 54.8. The van der Waals surface area contributed by atoms with E-state index in [-0.39, 0.29) is 18.5 Å². The van der Waals surface area contributed by atoms with Crippen molar-refractivity contribution in [3.63, 3.8) is 0 Å². The molecule has 478 valence electrons. The number of unbranched alkanes of at least 4 members (excludes halogenated alkanes) is 54. The van der Waals surface area contributed by atoms with E-state index < -0.39 is 12.1 Å². The van der Waals surface area contributed by atoms with Crippen molar-refractivity contribution >= 4 is 11.9 Å². The third-order valence-electron chi connectivity index (χ3n) is 17.1. The topological polar surface area (TPSA) is 95.9 Å². The number of carbonyl (C=O) groups is 2. The number of esters is 1. The Hall–Kier alpha value is -1.92. The predicted octanol–water partition coefficient (Wildman–Crippen LogP) is 23.9. The second-order valence-electron chi connectivity index (χ2n) is 25.3. The Bertz CT molecular complexity index is 1310. The summed E-state index contributed by atoms with van der Waals surface area (Å²) < 4.78 is 5.51. The van der Waals surface area contributed by atoms with Crippen molar-refractivity contribution in [2.75, 3.05) is 13.2 Å². The van der Waals surface area contributed by atoms with Gasteiger partial charge in [-0.05, 0) is 83.5 Å². The molecule has 3 N–H and O–H groups in total. The van der Waals surface area contributed by atoms with Crippen molar-refractivity contribution in [2.24, 2.45) is 0 Å². The monoisotopic (exact) mass is 1140 g/mol. The number of ether oxygens (including phenoxy) is 1. The van der Waals surface area contributed by atoms with E-state index in [0.717, 1.165) is 44.9 Å². The van der Waals surface area contributed by atoms with E-state index in [2.05, 4.69) is 43.5 Å². The van der Waals surface area contributed by atoms with Crippen LogP contribution in [0.4, 0.5) is 0 Å². The van der Waals surface area contributed by atoms with Crippen LogP contribution >= 0.6 is 0 Å². The normalized spacial score (nSPS) is 12.7. The molecule has 0 fully saturated rings. The molecule has 0 radical (unpaired) electrons. The number of rotatable bonds is 69.